The molecule has 2 rings (SSSR count). The molecular formula is C13H19N3O2. The van der Waals surface area contributed by atoms with Crippen molar-refractivity contribution in [3.63, 3.8) is 0 Å². The maximum atomic E-state index is 11.8. The van der Waals surface area contributed by atoms with Gasteiger partial charge in [0.2, 0.25) is 5.91 Å². The number of anilines is 1. The molecule has 18 heavy (non-hydrogen) atoms. The summed E-state index contributed by atoms with van der Waals surface area (Å²) < 4.78 is 5.53. The lowest BCUT2D eigenvalue weighted by atomic mass is 10.1. The Labute approximate surface area is 107 Å². The van der Waals surface area contributed by atoms with E-state index in [1.54, 1.807) is 18.3 Å². The number of carbonyl (C=O) groups excluding carboxylic acids is 1. The highest BCUT2D eigenvalue weighted by Gasteiger charge is 2.23. The molecule has 0 saturated carbocycles. The third-order valence-corrected chi connectivity index (χ3v) is 3.10. The molecular weight excluding hydrogens is 230 g/mol. The second-order valence-electron chi connectivity index (χ2n) is 4.67. The standard InChI is InChI=1S/C13H19N3O2/c1-9(12-3-2-6-18-12)16-13(17)7-11-5-4-10(14)8-15-11/h4-5,8-9,12H,2-3,6-7,14H2,1H3,(H,16,17). The van der Waals surface area contributed by atoms with Gasteiger partial charge < -0.3 is 15.8 Å². The number of carbonyl (C=O) groups is 1. The second kappa shape index (κ2) is 5.82. The van der Waals surface area contributed by atoms with E-state index in [1.807, 2.05) is 6.92 Å². The molecule has 2 heterocycles. The van der Waals surface area contributed by atoms with Crippen molar-refractivity contribution in [1.29, 1.82) is 0 Å². The van der Waals surface area contributed by atoms with Crippen LogP contribution in [0.15, 0.2) is 18.3 Å². The summed E-state index contributed by atoms with van der Waals surface area (Å²) in [5, 5.41) is 2.95. The molecule has 0 bridgehead atoms. The first-order valence-corrected chi connectivity index (χ1v) is 6.26. The van der Waals surface area contributed by atoms with Crippen molar-refractivity contribution in [2.75, 3.05) is 12.3 Å². The lowest BCUT2D eigenvalue weighted by Gasteiger charge is -2.19. The molecule has 0 spiro atoms. The Kier molecular flexibility index (Phi) is 4.15. The van der Waals surface area contributed by atoms with Crippen LogP contribution in [0.1, 0.15) is 25.5 Å². The number of aromatic nitrogens is 1. The molecule has 98 valence electrons. The molecule has 0 aromatic carbocycles. The molecule has 5 nitrogen and oxygen atoms in total. The Hall–Kier alpha value is -1.62. The lowest BCUT2D eigenvalue weighted by Crippen LogP contribution is -2.41. The van der Waals surface area contributed by atoms with Crippen molar-refractivity contribution >= 4 is 11.6 Å². The van der Waals surface area contributed by atoms with Gasteiger partial charge in [0, 0.05) is 12.3 Å². The van der Waals surface area contributed by atoms with E-state index in [-0.39, 0.29) is 24.5 Å². The summed E-state index contributed by atoms with van der Waals surface area (Å²) in [5.74, 6) is -0.0322. The molecule has 5 heteroatoms. The highest BCUT2D eigenvalue weighted by atomic mass is 16.5. The normalized spacial score (nSPS) is 20.6. The fourth-order valence-corrected chi connectivity index (χ4v) is 2.10. The fourth-order valence-electron chi connectivity index (χ4n) is 2.10. The highest BCUT2D eigenvalue weighted by molar-refractivity contribution is 5.78. The first-order chi connectivity index (χ1) is 8.65. The lowest BCUT2D eigenvalue weighted by molar-refractivity contribution is -0.121. The SMILES string of the molecule is CC(NC(=O)Cc1ccc(N)cn1)C1CCCO1. The molecule has 2 atom stereocenters. The first kappa shape index (κ1) is 12.8. The summed E-state index contributed by atoms with van der Waals surface area (Å²) in [6.07, 6.45) is 4.07. The van der Waals surface area contributed by atoms with Gasteiger partial charge in [0.05, 0.1) is 30.5 Å². The van der Waals surface area contributed by atoms with Crippen LogP contribution < -0.4 is 11.1 Å². The number of nitrogen functional groups attached to an aromatic ring is 1. The molecule has 1 aliphatic heterocycles. The topological polar surface area (TPSA) is 77.2 Å². The van der Waals surface area contributed by atoms with Crippen LogP contribution in [0.4, 0.5) is 5.69 Å². The Morgan fingerprint density at radius 2 is 2.50 bits per heavy atom. The summed E-state index contributed by atoms with van der Waals surface area (Å²) in [7, 11) is 0. The average molecular weight is 249 g/mol. The van der Waals surface area contributed by atoms with Crippen LogP contribution in [0.5, 0.6) is 0 Å². The molecule has 1 saturated heterocycles. The molecule has 2 unspecified atom stereocenters. The van der Waals surface area contributed by atoms with Gasteiger partial charge in [-0.05, 0) is 31.9 Å². The van der Waals surface area contributed by atoms with Crippen molar-refractivity contribution in [1.82, 2.24) is 10.3 Å². The number of amides is 1. The maximum absolute atomic E-state index is 11.8. The number of nitrogens with zero attached hydrogens (tertiary/aromatic N) is 1. The zero-order chi connectivity index (χ0) is 13.0. The van der Waals surface area contributed by atoms with Crippen molar-refractivity contribution in [3.8, 4) is 0 Å². The van der Waals surface area contributed by atoms with Crippen LogP contribution in [-0.4, -0.2) is 29.6 Å². The minimum atomic E-state index is -0.0322. The summed E-state index contributed by atoms with van der Waals surface area (Å²) >= 11 is 0. The van der Waals surface area contributed by atoms with Crippen LogP contribution in [-0.2, 0) is 16.0 Å². The minimum absolute atomic E-state index is 0.0322. The number of hydrogen-bond donors (Lipinski definition) is 2. The Balaban J connectivity index is 1.82. The van der Waals surface area contributed by atoms with Crippen LogP contribution in [0, 0.1) is 0 Å². The van der Waals surface area contributed by atoms with Gasteiger partial charge in [-0.1, -0.05) is 0 Å². The van der Waals surface area contributed by atoms with Gasteiger partial charge in [-0.25, -0.2) is 0 Å². The third-order valence-electron chi connectivity index (χ3n) is 3.10. The Morgan fingerprint density at radius 3 is 3.11 bits per heavy atom. The first-order valence-electron chi connectivity index (χ1n) is 6.26. The van der Waals surface area contributed by atoms with Crippen LogP contribution in [0.3, 0.4) is 0 Å². The van der Waals surface area contributed by atoms with Gasteiger partial charge in [-0.2, -0.15) is 0 Å². The van der Waals surface area contributed by atoms with Gasteiger partial charge in [0.25, 0.3) is 0 Å². The van der Waals surface area contributed by atoms with Crippen LogP contribution in [0.2, 0.25) is 0 Å². The van der Waals surface area contributed by atoms with E-state index in [0.717, 1.165) is 25.1 Å². The van der Waals surface area contributed by atoms with Crippen molar-refractivity contribution in [2.24, 2.45) is 0 Å². The van der Waals surface area contributed by atoms with Crippen molar-refractivity contribution < 1.29 is 9.53 Å². The molecule has 1 aromatic heterocycles. The molecule has 1 aliphatic rings. The molecule has 3 N–H and O–H groups in total. The van der Waals surface area contributed by atoms with Gasteiger partial charge in [-0.15, -0.1) is 0 Å². The molecule has 1 aromatic rings. The predicted molar refractivity (Wildman–Crippen MR) is 68.9 cm³/mol. The molecule has 0 radical (unpaired) electrons. The Bertz CT molecular complexity index is 399. The van der Waals surface area contributed by atoms with Gasteiger partial charge in [-0.3, -0.25) is 9.78 Å². The van der Waals surface area contributed by atoms with E-state index in [0.29, 0.717) is 5.69 Å². The maximum Gasteiger partial charge on any atom is 0.226 e. The highest BCUT2D eigenvalue weighted by Crippen LogP contribution is 2.15. The zero-order valence-corrected chi connectivity index (χ0v) is 10.6. The zero-order valence-electron chi connectivity index (χ0n) is 10.6. The smallest absolute Gasteiger partial charge is 0.226 e. The second-order valence-corrected chi connectivity index (χ2v) is 4.67. The number of ether oxygens (including phenoxy) is 1. The number of hydrogen-bond acceptors (Lipinski definition) is 4. The summed E-state index contributed by atoms with van der Waals surface area (Å²) in [6, 6.07) is 3.57. The summed E-state index contributed by atoms with van der Waals surface area (Å²) in [5.41, 5.74) is 6.87. The van der Waals surface area contributed by atoms with E-state index in [2.05, 4.69) is 10.3 Å². The number of pyridine rings is 1. The number of rotatable bonds is 4. The van der Waals surface area contributed by atoms with E-state index >= 15 is 0 Å². The molecule has 1 fully saturated rings. The largest absolute Gasteiger partial charge is 0.397 e. The summed E-state index contributed by atoms with van der Waals surface area (Å²) in [4.78, 5) is 15.9. The monoisotopic (exact) mass is 249 g/mol. The Morgan fingerprint density at radius 1 is 1.67 bits per heavy atom. The van der Waals surface area contributed by atoms with Gasteiger partial charge in [0.15, 0.2) is 0 Å². The predicted octanol–water partition coefficient (Wildman–Crippen LogP) is 0.890. The van der Waals surface area contributed by atoms with Crippen molar-refractivity contribution in [2.45, 2.75) is 38.3 Å². The number of nitrogens with two attached hydrogens (primary N) is 1. The van der Waals surface area contributed by atoms with Crippen LogP contribution in [0.25, 0.3) is 0 Å². The van der Waals surface area contributed by atoms with E-state index in [4.69, 9.17) is 10.5 Å². The van der Waals surface area contributed by atoms with Gasteiger partial charge in [0.1, 0.15) is 0 Å². The van der Waals surface area contributed by atoms with E-state index in [1.165, 1.54) is 0 Å². The van der Waals surface area contributed by atoms with Gasteiger partial charge >= 0.3 is 0 Å². The minimum Gasteiger partial charge on any atom is -0.397 e. The average Bonchev–Trinajstić information content (AvgIpc) is 2.85. The molecule has 1 amide bonds. The number of nitrogens with one attached hydrogen (secondary N) is 1. The third kappa shape index (κ3) is 3.43. The van der Waals surface area contributed by atoms with Crippen molar-refractivity contribution in [3.05, 3.63) is 24.0 Å². The summed E-state index contributed by atoms with van der Waals surface area (Å²) in [6.45, 7) is 2.77. The van der Waals surface area contributed by atoms with Crippen LogP contribution >= 0.6 is 0 Å². The molecule has 0 aliphatic carbocycles. The fraction of sp³-hybridized carbons (Fsp3) is 0.538. The quantitative estimate of drug-likeness (QED) is 0.830. The van der Waals surface area contributed by atoms with E-state index < -0.39 is 0 Å². The van der Waals surface area contributed by atoms with E-state index in [9.17, 15) is 4.79 Å².